The number of aliphatic hydroxyl groups is 1. The van der Waals surface area contributed by atoms with Crippen molar-refractivity contribution >= 4 is 52.1 Å². The Balaban J connectivity index is -0.000000595. The van der Waals surface area contributed by atoms with E-state index in [9.17, 15) is 35.1 Å². The molecule has 0 saturated carbocycles. The van der Waals surface area contributed by atoms with Gasteiger partial charge in [0.1, 0.15) is 11.6 Å². The number of benzene rings is 2. The van der Waals surface area contributed by atoms with E-state index < -0.39 is 31.3 Å². The van der Waals surface area contributed by atoms with Crippen LogP contribution in [0.2, 0.25) is 0 Å². The number of methoxy groups -OCH3 is 2. The first kappa shape index (κ1) is 52.5. The van der Waals surface area contributed by atoms with Crippen molar-refractivity contribution in [2.24, 2.45) is 0 Å². The Bertz CT molecular complexity index is 1480. The predicted octanol–water partition coefficient (Wildman–Crippen LogP) is 6.18. The van der Waals surface area contributed by atoms with Crippen molar-refractivity contribution in [2.75, 3.05) is 54.6 Å². The number of hydrogen-bond donors (Lipinski definition) is 5. The van der Waals surface area contributed by atoms with Crippen molar-refractivity contribution < 1.29 is 81.8 Å². The lowest BCUT2D eigenvalue weighted by molar-refractivity contribution is -0.0978. The topological polar surface area (TPSA) is 181 Å². The smallest absolute Gasteiger partial charge is 0.396 e. The van der Waals surface area contributed by atoms with Crippen LogP contribution in [0, 0.1) is 11.6 Å². The van der Waals surface area contributed by atoms with Gasteiger partial charge in [0.2, 0.25) is 0 Å². The molecule has 1 atom stereocenters. The van der Waals surface area contributed by atoms with Crippen LogP contribution in [0.4, 0.5) is 35.1 Å². The summed E-state index contributed by atoms with van der Waals surface area (Å²) >= 11 is 6.71. The van der Waals surface area contributed by atoms with Crippen LogP contribution in [0.5, 0.6) is 0 Å². The largest absolute Gasteiger partial charge is 0.522 e. The second kappa shape index (κ2) is 27.1. The first-order chi connectivity index (χ1) is 24.2. The van der Waals surface area contributed by atoms with Gasteiger partial charge in [-0.2, -0.15) is 43.2 Å². The molecule has 2 aromatic carbocycles. The highest BCUT2D eigenvalue weighted by Crippen LogP contribution is 2.33. The molecule has 1 aliphatic heterocycles. The Labute approximate surface area is 315 Å². The number of fused-ring (bicyclic) bond motifs is 1. The number of hydrogen-bond acceptors (Lipinski definition) is 10. The van der Waals surface area contributed by atoms with Crippen LogP contribution >= 0.6 is 31.9 Å². The Hall–Kier alpha value is -1.58. The van der Waals surface area contributed by atoms with Crippen LogP contribution in [0.25, 0.3) is 0 Å². The highest BCUT2D eigenvalue weighted by atomic mass is 79.9. The van der Waals surface area contributed by atoms with E-state index in [0.29, 0.717) is 32.0 Å². The molecule has 0 aliphatic carbocycles. The van der Waals surface area contributed by atoms with Gasteiger partial charge in [0.25, 0.3) is 0 Å². The van der Waals surface area contributed by atoms with E-state index in [2.05, 4.69) is 42.5 Å². The lowest BCUT2D eigenvalue weighted by Crippen LogP contribution is -2.26. The van der Waals surface area contributed by atoms with Gasteiger partial charge in [-0.25, -0.2) is 8.78 Å². The average molecular weight is 944 g/mol. The molecular weight excluding hydrogens is 900 g/mol. The van der Waals surface area contributed by atoms with E-state index in [1.165, 1.54) is 18.2 Å². The molecule has 1 unspecified atom stereocenters. The fourth-order valence-corrected chi connectivity index (χ4v) is 4.22. The molecule has 2 aromatic rings. The second-order valence-electron chi connectivity index (χ2n) is 9.10. The monoisotopic (exact) mass is 941 g/mol. The number of aliphatic hydroxyl groups excluding tert-OH is 1. The zero-order valence-corrected chi connectivity index (χ0v) is 33.1. The molecule has 0 bridgehead atoms. The van der Waals surface area contributed by atoms with Crippen LogP contribution in [-0.2, 0) is 47.3 Å². The summed E-state index contributed by atoms with van der Waals surface area (Å²) in [6, 6.07) is 7.68. The molecular formula is C28H42Br2F8N2O10S2. The van der Waals surface area contributed by atoms with Gasteiger partial charge in [-0.1, -0.05) is 45.7 Å². The summed E-state index contributed by atoms with van der Waals surface area (Å²) in [6.07, 6.45) is 0.975. The fourth-order valence-electron chi connectivity index (χ4n) is 3.23. The Morgan fingerprint density at radius 3 is 1.77 bits per heavy atom. The lowest BCUT2D eigenvalue weighted by Gasteiger charge is -2.27. The summed E-state index contributed by atoms with van der Waals surface area (Å²) in [4.78, 5) is 0. The first-order valence-corrected chi connectivity index (χ1v) is 18.5. The molecule has 1 aliphatic rings. The van der Waals surface area contributed by atoms with Gasteiger partial charge in [0.15, 0.2) is 6.29 Å². The number of halogens is 10. The Kier molecular flexibility index (Phi) is 27.3. The van der Waals surface area contributed by atoms with Crippen molar-refractivity contribution in [2.45, 2.75) is 50.1 Å². The maximum atomic E-state index is 13.7. The summed E-state index contributed by atoms with van der Waals surface area (Å²) < 4.78 is 165. The molecule has 0 radical (unpaired) electrons. The van der Waals surface area contributed by atoms with Crippen molar-refractivity contribution in [3.63, 3.8) is 0 Å². The quantitative estimate of drug-likeness (QED) is 0.0880. The van der Waals surface area contributed by atoms with Gasteiger partial charge in [-0.15, -0.1) is 0 Å². The number of nitrogens with one attached hydrogen (secondary N) is 2. The van der Waals surface area contributed by atoms with Gasteiger partial charge in [0.05, 0.1) is 12.7 Å². The molecule has 5 N–H and O–H groups in total. The van der Waals surface area contributed by atoms with Crippen LogP contribution in [0.15, 0.2) is 39.3 Å². The van der Waals surface area contributed by atoms with Crippen molar-refractivity contribution in [3.05, 3.63) is 67.6 Å². The lowest BCUT2D eigenvalue weighted by atomic mass is 9.97. The minimum atomic E-state index is -5.84. The zero-order valence-electron chi connectivity index (χ0n) is 29.3. The molecule has 12 nitrogen and oxygen atoms in total. The van der Waals surface area contributed by atoms with Crippen LogP contribution in [0.1, 0.15) is 38.0 Å². The third-order valence-electron chi connectivity index (χ3n) is 5.50. The zero-order chi connectivity index (χ0) is 42.2. The highest BCUT2D eigenvalue weighted by molar-refractivity contribution is 9.10. The summed E-state index contributed by atoms with van der Waals surface area (Å²) in [5, 5.41) is 14.5. The van der Waals surface area contributed by atoms with Crippen LogP contribution in [-0.4, -0.2) is 103 Å². The van der Waals surface area contributed by atoms with E-state index in [1.54, 1.807) is 33.3 Å². The number of ether oxygens (including phenoxy) is 3. The van der Waals surface area contributed by atoms with E-state index in [1.807, 2.05) is 14.1 Å². The summed E-state index contributed by atoms with van der Waals surface area (Å²) in [6.45, 7) is 4.36. The standard InChI is InChI=1S/C11H13BrFNO.C8H8BrFO.C5H13NO2.C2H6.2CHF3O3S/c1-14-6-10-11-7(4-5-15-10)8(12)2-3-9(11)13;9-8-2-1-7(10)5-6(8)3-4-11;1-6-4-5(7-2)8-3;1-2;2*2-1(3,4)8(5,6)7/h2-3,10,14H,4-6H2,1H3;1-2,5,11H,3-4H2;5-6H,4H2,1-3H3;1-2H3;2*(H,5,6,7)/i;;;1D;;. The van der Waals surface area contributed by atoms with Gasteiger partial charge < -0.3 is 30.0 Å². The van der Waals surface area contributed by atoms with Crippen molar-refractivity contribution in [1.82, 2.24) is 10.6 Å². The maximum Gasteiger partial charge on any atom is 0.522 e. The Morgan fingerprint density at radius 1 is 0.942 bits per heavy atom. The summed E-state index contributed by atoms with van der Waals surface area (Å²) in [5.41, 5.74) is -8.53. The molecule has 0 amide bonds. The van der Waals surface area contributed by atoms with Gasteiger partial charge in [-0.3, -0.25) is 9.11 Å². The maximum absolute atomic E-state index is 13.7. The molecule has 24 heteroatoms. The van der Waals surface area contributed by atoms with E-state index in [4.69, 9.17) is 46.6 Å². The molecule has 1 heterocycles. The molecule has 306 valence electrons. The van der Waals surface area contributed by atoms with E-state index in [0.717, 1.165) is 33.0 Å². The number of likely N-dealkylation sites (N-methyl/N-ethyl adjacent to an activating group) is 2. The average Bonchev–Trinajstić information content (AvgIpc) is 3.03. The minimum Gasteiger partial charge on any atom is -0.396 e. The van der Waals surface area contributed by atoms with Crippen molar-refractivity contribution in [3.8, 4) is 0 Å². The van der Waals surface area contributed by atoms with Crippen LogP contribution < -0.4 is 10.6 Å². The molecule has 0 aromatic heterocycles. The molecule has 0 fully saturated rings. The third kappa shape index (κ3) is 22.6. The second-order valence-corrected chi connectivity index (χ2v) is 13.6. The van der Waals surface area contributed by atoms with Gasteiger partial charge >= 0.3 is 31.3 Å². The summed E-state index contributed by atoms with van der Waals surface area (Å²) in [7, 11) is -4.75. The Morgan fingerprint density at radius 2 is 1.40 bits per heavy atom. The third-order valence-corrected chi connectivity index (χ3v) is 8.19. The molecule has 3 rings (SSSR count). The fraction of sp³-hybridized carbons (Fsp3) is 0.571. The summed E-state index contributed by atoms with van der Waals surface area (Å²) in [5.74, 6) is -0.440. The van der Waals surface area contributed by atoms with Crippen LogP contribution in [0.3, 0.4) is 0 Å². The SMILES string of the molecule is CNCC(OC)OC.CNCC1OCCc2c(Br)ccc(F)c21.O=S(=O)(O)C(F)(F)F.O=S(=O)(O)C(F)(F)F.OCCc1cc(F)ccc1Br.[2H]CC. The van der Waals surface area contributed by atoms with E-state index in [-0.39, 0.29) is 30.6 Å². The predicted molar refractivity (Wildman–Crippen MR) is 184 cm³/mol. The van der Waals surface area contributed by atoms with Gasteiger partial charge in [-0.05, 0) is 68.4 Å². The van der Waals surface area contributed by atoms with Gasteiger partial charge in [0, 0.05) is 49.8 Å². The minimum absolute atomic E-state index is 0.0437. The molecule has 0 saturated heterocycles. The molecule has 0 spiro atoms. The number of rotatable bonds is 8. The van der Waals surface area contributed by atoms with Crippen molar-refractivity contribution in [1.29, 1.82) is 0 Å². The van der Waals surface area contributed by atoms with E-state index >= 15 is 0 Å². The first-order valence-electron chi connectivity index (χ1n) is 14.8. The highest BCUT2D eigenvalue weighted by Gasteiger charge is 2.45. The number of alkyl halides is 6. The molecule has 52 heavy (non-hydrogen) atoms. The normalized spacial score (nSPS) is 14.2.